The van der Waals surface area contributed by atoms with Gasteiger partial charge in [0.05, 0.1) is 41.7 Å². The average Bonchev–Trinajstić information content (AvgIpc) is 2.80. The average molecular weight is 468 g/mol. The summed E-state index contributed by atoms with van der Waals surface area (Å²) in [6.45, 7) is 1.34. The number of nitrogens with one attached hydrogen (secondary N) is 3. The Morgan fingerprint density at radius 2 is 1.42 bits per heavy atom. The number of benzene rings is 3. The largest absolute Gasteiger partial charge is 0.497 e. The lowest BCUT2D eigenvalue weighted by Gasteiger charge is -2.15. The number of hydrogen-bond donors (Lipinski definition) is 3. The monoisotopic (exact) mass is 467 g/mol. The Morgan fingerprint density at radius 3 is 2.06 bits per heavy atom. The summed E-state index contributed by atoms with van der Waals surface area (Å²) < 4.78 is 10.4. The zero-order chi connectivity index (χ0) is 24.0. The van der Waals surface area contributed by atoms with Crippen molar-refractivity contribution < 1.29 is 23.9 Å². The van der Waals surface area contributed by atoms with Gasteiger partial charge in [-0.15, -0.1) is 0 Å². The van der Waals surface area contributed by atoms with Crippen molar-refractivity contribution in [2.24, 2.45) is 0 Å². The summed E-state index contributed by atoms with van der Waals surface area (Å²) >= 11 is 6.22. The van der Waals surface area contributed by atoms with Gasteiger partial charge in [-0.3, -0.25) is 14.4 Å². The number of carbonyl (C=O) groups is 3. The zero-order valence-electron chi connectivity index (χ0n) is 18.2. The van der Waals surface area contributed by atoms with Crippen LogP contribution in [0.25, 0.3) is 0 Å². The number of para-hydroxylation sites is 1. The topological polar surface area (TPSA) is 106 Å². The first-order chi connectivity index (χ1) is 15.8. The van der Waals surface area contributed by atoms with Gasteiger partial charge in [-0.25, -0.2) is 0 Å². The zero-order valence-corrected chi connectivity index (χ0v) is 18.9. The molecule has 0 bridgehead atoms. The van der Waals surface area contributed by atoms with Crippen molar-refractivity contribution >= 4 is 46.4 Å². The fraction of sp³-hybridized carbons (Fsp3) is 0.125. The first-order valence-corrected chi connectivity index (χ1v) is 10.2. The second kappa shape index (κ2) is 10.5. The third-order valence-corrected chi connectivity index (χ3v) is 4.92. The van der Waals surface area contributed by atoms with E-state index in [2.05, 4.69) is 16.0 Å². The molecule has 0 aliphatic carbocycles. The van der Waals surface area contributed by atoms with Crippen molar-refractivity contribution in [1.82, 2.24) is 0 Å². The highest BCUT2D eigenvalue weighted by Crippen LogP contribution is 2.32. The van der Waals surface area contributed by atoms with E-state index in [1.807, 2.05) is 0 Å². The minimum atomic E-state index is -0.534. The molecule has 0 aliphatic heterocycles. The van der Waals surface area contributed by atoms with Crippen molar-refractivity contribution in [3.05, 3.63) is 76.8 Å². The van der Waals surface area contributed by atoms with E-state index in [1.165, 1.54) is 26.2 Å². The van der Waals surface area contributed by atoms with E-state index in [0.717, 1.165) is 0 Å². The van der Waals surface area contributed by atoms with Crippen LogP contribution in [0.1, 0.15) is 27.6 Å². The molecule has 0 saturated heterocycles. The minimum Gasteiger partial charge on any atom is -0.497 e. The van der Waals surface area contributed by atoms with Gasteiger partial charge in [-0.2, -0.15) is 0 Å². The molecule has 9 heteroatoms. The minimum absolute atomic E-state index is 0.141. The van der Waals surface area contributed by atoms with Crippen LogP contribution in [0.3, 0.4) is 0 Å². The summed E-state index contributed by atoms with van der Waals surface area (Å²) in [5.74, 6) is -0.374. The van der Waals surface area contributed by atoms with Crippen LogP contribution in [-0.2, 0) is 4.79 Å². The molecule has 0 radical (unpaired) electrons. The quantitative estimate of drug-likeness (QED) is 0.462. The van der Waals surface area contributed by atoms with Gasteiger partial charge in [0.15, 0.2) is 0 Å². The number of amides is 3. The second-order valence-corrected chi connectivity index (χ2v) is 7.30. The van der Waals surface area contributed by atoms with Crippen LogP contribution in [0.15, 0.2) is 60.7 Å². The standard InChI is InChI=1S/C24H22ClN3O5/c1-14(29)26-21-13-22(33-3)18(12-19(21)25)24(31)28-20-7-5-4-6-17(20)23(30)27-15-8-10-16(32-2)11-9-15/h4-13H,1-3H3,(H,26,29)(H,27,30)(H,28,31). The van der Waals surface area contributed by atoms with Gasteiger partial charge in [0, 0.05) is 18.7 Å². The van der Waals surface area contributed by atoms with Crippen molar-refractivity contribution in [3.63, 3.8) is 0 Å². The summed E-state index contributed by atoms with van der Waals surface area (Å²) in [6, 6.07) is 16.3. The summed E-state index contributed by atoms with van der Waals surface area (Å²) in [6.07, 6.45) is 0. The number of hydrogen-bond acceptors (Lipinski definition) is 5. The van der Waals surface area contributed by atoms with Crippen LogP contribution in [0.2, 0.25) is 5.02 Å². The van der Waals surface area contributed by atoms with Crippen molar-refractivity contribution in [2.45, 2.75) is 6.92 Å². The van der Waals surface area contributed by atoms with Gasteiger partial charge in [0.2, 0.25) is 5.91 Å². The third kappa shape index (κ3) is 5.81. The number of ether oxygens (including phenoxy) is 2. The van der Waals surface area contributed by atoms with E-state index >= 15 is 0 Å². The molecule has 170 valence electrons. The first-order valence-electron chi connectivity index (χ1n) is 9.83. The molecule has 0 aliphatic rings. The fourth-order valence-electron chi connectivity index (χ4n) is 3.04. The van der Waals surface area contributed by atoms with E-state index in [4.69, 9.17) is 21.1 Å². The van der Waals surface area contributed by atoms with Crippen LogP contribution in [0.5, 0.6) is 11.5 Å². The van der Waals surface area contributed by atoms with Crippen LogP contribution in [-0.4, -0.2) is 31.9 Å². The highest BCUT2D eigenvalue weighted by Gasteiger charge is 2.19. The molecule has 8 nitrogen and oxygen atoms in total. The molecular formula is C24H22ClN3O5. The molecule has 0 atom stereocenters. The summed E-state index contributed by atoms with van der Waals surface area (Å²) in [4.78, 5) is 37.2. The summed E-state index contributed by atoms with van der Waals surface area (Å²) in [5, 5.41) is 8.26. The van der Waals surface area contributed by atoms with Crippen LogP contribution >= 0.6 is 11.6 Å². The number of methoxy groups -OCH3 is 2. The Balaban J connectivity index is 1.84. The van der Waals surface area contributed by atoms with Gasteiger partial charge < -0.3 is 25.4 Å². The summed E-state index contributed by atoms with van der Waals surface area (Å²) in [5.41, 5.74) is 1.60. The van der Waals surface area contributed by atoms with Crippen LogP contribution < -0.4 is 25.4 Å². The molecule has 3 aromatic carbocycles. The second-order valence-electron chi connectivity index (χ2n) is 6.90. The number of halogens is 1. The number of rotatable bonds is 7. The predicted molar refractivity (Wildman–Crippen MR) is 128 cm³/mol. The van der Waals surface area contributed by atoms with Crippen molar-refractivity contribution in [3.8, 4) is 11.5 Å². The number of anilines is 3. The SMILES string of the molecule is COc1ccc(NC(=O)c2ccccc2NC(=O)c2cc(Cl)c(NC(C)=O)cc2OC)cc1. The lowest BCUT2D eigenvalue weighted by molar-refractivity contribution is -0.114. The highest BCUT2D eigenvalue weighted by atomic mass is 35.5. The maximum Gasteiger partial charge on any atom is 0.259 e. The van der Waals surface area contributed by atoms with E-state index in [-0.39, 0.29) is 27.8 Å². The molecule has 33 heavy (non-hydrogen) atoms. The van der Waals surface area contributed by atoms with Gasteiger partial charge in [0.1, 0.15) is 11.5 Å². The lowest BCUT2D eigenvalue weighted by atomic mass is 10.1. The van der Waals surface area contributed by atoms with E-state index in [1.54, 1.807) is 55.6 Å². The van der Waals surface area contributed by atoms with Gasteiger partial charge in [0.25, 0.3) is 11.8 Å². The van der Waals surface area contributed by atoms with Crippen molar-refractivity contribution in [2.75, 3.05) is 30.2 Å². The maximum absolute atomic E-state index is 13.0. The Kier molecular flexibility index (Phi) is 7.53. The molecule has 0 unspecified atom stereocenters. The van der Waals surface area contributed by atoms with Gasteiger partial charge in [-0.05, 0) is 42.5 Å². The molecule has 3 amide bonds. The van der Waals surface area contributed by atoms with Gasteiger partial charge in [-0.1, -0.05) is 23.7 Å². The molecule has 0 saturated carbocycles. The van der Waals surface area contributed by atoms with Crippen molar-refractivity contribution in [1.29, 1.82) is 0 Å². The highest BCUT2D eigenvalue weighted by molar-refractivity contribution is 6.34. The Labute approximate surface area is 195 Å². The maximum atomic E-state index is 13.0. The van der Waals surface area contributed by atoms with E-state index < -0.39 is 11.8 Å². The predicted octanol–water partition coefficient (Wildman–Crippen LogP) is 4.82. The molecule has 3 rings (SSSR count). The molecule has 3 aromatic rings. The lowest BCUT2D eigenvalue weighted by Crippen LogP contribution is -2.19. The fourth-order valence-corrected chi connectivity index (χ4v) is 3.25. The normalized spacial score (nSPS) is 10.2. The van der Waals surface area contributed by atoms with Gasteiger partial charge >= 0.3 is 0 Å². The third-order valence-electron chi connectivity index (χ3n) is 4.61. The van der Waals surface area contributed by atoms with Crippen LogP contribution in [0.4, 0.5) is 17.1 Å². The molecule has 3 N–H and O–H groups in total. The first kappa shape index (κ1) is 23.6. The smallest absolute Gasteiger partial charge is 0.259 e. The Bertz CT molecular complexity index is 1200. The number of carbonyl (C=O) groups excluding carboxylic acids is 3. The molecule has 0 aromatic heterocycles. The Hall–Kier alpha value is -4.04. The van der Waals surface area contributed by atoms with E-state index in [0.29, 0.717) is 22.8 Å². The summed E-state index contributed by atoms with van der Waals surface area (Å²) in [7, 11) is 2.95. The molecular weight excluding hydrogens is 446 g/mol. The Morgan fingerprint density at radius 1 is 0.758 bits per heavy atom. The molecule has 0 fully saturated rings. The molecule has 0 heterocycles. The van der Waals surface area contributed by atoms with Crippen LogP contribution in [0, 0.1) is 0 Å². The molecule has 0 spiro atoms. The van der Waals surface area contributed by atoms with E-state index in [9.17, 15) is 14.4 Å².